The fraction of sp³-hybridized carbons (Fsp3) is 0. The van der Waals surface area contributed by atoms with Crippen molar-refractivity contribution in [3.05, 3.63) is 22.8 Å². The van der Waals surface area contributed by atoms with Crippen LogP contribution >= 0.6 is 15.9 Å². The Morgan fingerprint density at radius 2 is 2.17 bits per heavy atom. The lowest BCUT2D eigenvalue weighted by Crippen LogP contribution is -1.86. The molecule has 0 radical (unpaired) electrons. The minimum absolute atomic E-state index is 0.117. The van der Waals surface area contributed by atoms with Crippen molar-refractivity contribution >= 4 is 21.9 Å². The van der Waals surface area contributed by atoms with Crippen LogP contribution in [0.25, 0.3) is 23.2 Å². The Labute approximate surface area is 109 Å². The third-order valence-corrected chi connectivity index (χ3v) is 2.56. The van der Waals surface area contributed by atoms with Crippen LogP contribution in [0, 0.1) is 0 Å². The highest BCUT2D eigenvalue weighted by atomic mass is 79.9. The third-order valence-electron chi connectivity index (χ3n) is 2.09. The van der Waals surface area contributed by atoms with E-state index in [2.05, 4.69) is 46.2 Å². The summed E-state index contributed by atoms with van der Waals surface area (Å²) in [5, 5.41) is 10.1. The zero-order valence-electron chi connectivity index (χ0n) is 8.83. The van der Waals surface area contributed by atoms with Crippen LogP contribution in [0.3, 0.4) is 0 Å². The highest BCUT2D eigenvalue weighted by Gasteiger charge is 2.14. The summed E-state index contributed by atoms with van der Waals surface area (Å²) in [5.74, 6) is 1.02. The Balaban J connectivity index is 1.96. The average molecular weight is 308 g/mol. The standard InChI is InChI=1S/C9H6BrN7O/c10-4-1-2-5(12-3-4)6-13-8(18-17-6)7-14-9(11)16-15-7/h1-3H,(H3,11,14,15,16). The van der Waals surface area contributed by atoms with Crippen LogP contribution < -0.4 is 5.73 Å². The molecule has 0 unspecified atom stereocenters. The van der Waals surface area contributed by atoms with Gasteiger partial charge >= 0.3 is 0 Å². The molecule has 9 heteroatoms. The number of nitrogens with two attached hydrogens (primary N) is 1. The molecule has 3 aromatic heterocycles. The molecule has 0 fully saturated rings. The Morgan fingerprint density at radius 3 is 2.83 bits per heavy atom. The van der Waals surface area contributed by atoms with Gasteiger partial charge in [-0.3, -0.25) is 10.1 Å². The first-order valence-electron chi connectivity index (χ1n) is 4.86. The molecule has 0 aliphatic heterocycles. The van der Waals surface area contributed by atoms with Crippen molar-refractivity contribution in [2.45, 2.75) is 0 Å². The van der Waals surface area contributed by atoms with Crippen LogP contribution in [-0.2, 0) is 0 Å². The van der Waals surface area contributed by atoms with Crippen LogP contribution in [0.15, 0.2) is 27.3 Å². The van der Waals surface area contributed by atoms with E-state index in [1.807, 2.05) is 6.07 Å². The summed E-state index contributed by atoms with van der Waals surface area (Å²) in [6, 6.07) is 3.61. The lowest BCUT2D eigenvalue weighted by molar-refractivity contribution is 0.429. The molecule has 0 saturated carbocycles. The summed E-state index contributed by atoms with van der Waals surface area (Å²) in [6.45, 7) is 0. The van der Waals surface area contributed by atoms with Crippen LogP contribution in [0.2, 0.25) is 0 Å². The first kappa shape index (κ1) is 10.8. The lowest BCUT2D eigenvalue weighted by atomic mass is 10.3. The molecule has 0 bridgehead atoms. The van der Waals surface area contributed by atoms with Gasteiger partial charge < -0.3 is 10.3 Å². The monoisotopic (exact) mass is 307 g/mol. The summed E-state index contributed by atoms with van der Waals surface area (Å²) >= 11 is 3.30. The lowest BCUT2D eigenvalue weighted by Gasteiger charge is -1.92. The number of nitrogens with zero attached hydrogens (tertiary/aromatic N) is 5. The summed E-state index contributed by atoms with van der Waals surface area (Å²) in [5.41, 5.74) is 5.99. The van der Waals surface area contributed by atoms with Crippen molar-refractivity contribution in [2.75, 3.05) is 5.73 Å². The molecule has 18 heavy (non-hydrogen) atoms. The maximum atomic E-state index is 5.39. The van der Waals surface area contributed by atoms with Gasteiger partial charge in [0.25, 0.3) is 5.89 Å². The zero-order valence-corrected chi connectivity index (χ0v) is 10.4. The molecule has 0 spiro atoms. The van der Waals surface area contributed by atoms with E-state index >= 15 is 0 Å². The molecule has 3 aromatic rings. The topological polar surface area (TPSA) is 119 Å². The normalized spacial score (nSPS) is 10.7. The fourth-order valence-electron chi connectivity index (χ4n) is 1.30. The highest BCUT2D eigenvalue weighted by molar-refractivity contribution is 9.10. The summed E-state index contributed by atoms with van der Waals surface area (Å²) in [4.78, 5) is 12.2. The Morgan fingerprint density at radius 1 is 1.28 bits per heavy atom. The SMILES string of the molecule is Nc1n[nH]c(-c2nc(-c3ccc(Br)cn3)no2)n1. The molecular formula is C9H6BrN7O. The van der Waals surface area contributed by atoms with Gasteiger partial charge in [0.15, 0.2) is 0 Å². The van der Waals surface area contributed by atoms with E-state index in [9.17, 15) is 0 Å². The number of pyridine rings is 1. The Bertz CT molecular complexity index is 674. The Kier molecular flexibility index (Phi) is 2.52. The number of halogens is 1. The van der Waals surface area contributed by atoms with Gasteiger partial charge in [-0.15, -0.1) is 5.10 Å². The second-order valence-corrected chi connectivity index (χ2v) is 4.24. The highest BCUT2D eigenvalue weighted by Crippen LogP contribution is 2.19. The largest absolute Gasteiger partial charge is 0.366 e. The van der Waals surface area contributed by atoms with Crippen LogP contribution in [0.5, 0.6) is 0 Å². The van der Waals surface area contributed by atoms with Crippen molar-refractivity contribution in [3.63, 3.8) is 0 Å². The minimum Gasteiger partial charge on any atom is -0.366 e. The van der Waals surface area contributed by atoms with E-state index in [0.29, 0.717) is 17.3 Å². The fourth-order valence-corrected chi connectivity index (χ4v) is 1.54. The van der Waals surface area contributed by atoms with E-state index in [1.165, 1.54) is 0 Å². The van der Waals surface area contributed by atoms with Crippen LogP contribution in [0.1, 0.15) is 0 Å². The van der Waals surface area contributed by atoms with Crippen molar-refractivity contribution in [2.24, 2.45) is 0 Å². The van der Waals surface area contributed by atoms with E-state index < -0.39 is 0 Å². The molecule has 0 atom stereocenters. The summed E-state index contributed by atoms with van der Waals surface area (Å²) < 4.78 is 5.92. The molecule has 0 aliphatic rings. The van der Waals surface area contributed by atoms with E-state index in [1.54, 1.807) is 12.3 Å². The maximum absolute atomic E-state index is 5.39. The second kappa shape index (κ2) is 4.18. The summed E-state index contributed by atoms with van der Waals surface area (Å²) in [7, 11) is 0. The van der Waals surface area contributed by atoms with Gasteiger partial charge in [0, 0.05) is 10.7 Å². The number of aromatic nitrogens is 6. The van der Waals surface area contributed by atoms with Crippen LogP contribution in [-0.4, -0.2) is 30.3 Å². The van der Waals surface area contributed by atoms with E-state index in [4.69, 9.17) is 10.3 Å². The van der Waals surface area contributed by atoms with Gasteiger partial charge in [0.2, 0.25) is 17.6 Å². The maximum Gasteiger partial charge on any atom is 0.295 e. The van der Waals surface area contributed by atoms with E-state index in [0.717, 1.165) is 4.47 Å². The van der Waals surface area contributed by atoms with Gasteiger partial charge in [-0.25, -0.2) is 0 Å². The van der Waals surface area contributed by atoms with Gasteiger partial charge in [0.1, 0.15) is 5.69 Å². The van der Waals surface area contributed by atoms with Crippen molar-refractivity contribution in [1.82, 2.24) is 30.3 Å². The second-order valence-electron chi connectivity index (χ2n) is 3.33. The number of nitrogen functional groups attached to an aromatic ring is 1. The number of H-pyrrole nitrogens is 1. The van der Waals surface area contributed by atoms with E-state index in [-0.39, 0.29) is 11.8 Å². The minimum atomic E-state index is 0.117. The van der Waals surface area contributed by atoms with Gasteiger partial charge in [0.05, 0.1) is 0 Å². The molecule has 8 nitrogen and oxygen atoms in total. The third kappa shape index (κ3) is 1.95. The smallest absolute Gasteiger partial charge is 0.295 e. The number of anilines is 1. The molecule has 90 valence electrons. The predicted octanol–water partition coefficient (Wildman–Crippen LogP) is 1.26. The number of rotatable bonds is 2. The van der Waals surface area contributed by atoms with Gasteiger partial charge in [-0.2, -0.15) is 9.97 Å². The number of hydrogen-bond donors (Lipinski definition) is 2. The average Bonchev–Trinajstić information content (AvgIpc) is 2.98. The zero-order chi connectivity index (χ0) is 12.5. The van der Waals surface area contributed by atoms with Crippen LogP contribution in [0.4, 0.5) is 5.95 Å². The van der Waals surface area contributed by atoms with Gasteiger partial charge in [-0.1, -0.05) is 5.16 Å². The Hall–Kier alpha value is -2.29. The number of nitrogens with one attached hydrogen (secondary N) is 1. The quantitative estimate of drug-likeness (QED) is 0.731. The molecule has 0 amide bonds. The van der Waals surface area contributed by atoms with Gasteiger partial charge in [-0.05, 0) is 28.1 Å². The first-order valence-corrected chi connectivity index (χ1v) is 5.65. The molecule has 0 aliphatic carbocycles. The van der Waals surface area contributed by atoms with Crippen molar-refractivity contribution in [1.29, 1.82) is 0 Å². The summed E-state index contributed by atoms with van der Waals surface area (Å²) in [6.07, 6.45) is 1.65. The number of hydrogen-bond acceptors (Lipinski definition) is 7. The molecule has 3 N–H and O–H groups in total. The molecule has 0 aromatic carbocycles. The molecular weight excluding hydrogens is 302 g/mol. The number of aromatic amines is 1. The van der Waals surface area contributed by atoms with Crippen molar-refractivity contribution in [3.8, 4) is 23.2 Å². The molecule has 0 saturated heterocycles. The predicted molar refractivity (Wildman–Crippen MR) is 65.0 cm³/mol. The molecule has 3 rings (SSSR count). The molecule has 3 heterocycles. The van der Waals surface area contributed by atoms with Crippen molar-refractivity contribution < 1.29 is 4.52 Å². The first-order chi connectivity index (χ1) is 8.72.